The second-order valence-electron chi connectivity index (χ2n) is 6.80. The molecule has 0 aliphatic heterocycles. The first kappa shape index (κ1) is 20.9. The summed E-state index contributed by atoms with van der Waals surface area (Å²) in [7, 11) is 3.11. The number of hydrogen-bond acceptors (Lipinski definition) is 7. The monoisotopic (exact) mass is 434 g/mol. The van der Waals surface area contributed by atoms with Gasteiger partial charge in [0.05, 0.1) is 5.39 Å². The van der Waals surface area contributed by atoms with Gasteiger partial charge in [0, 0.05) is 36.5 Å². The van der Waals surface area contributed by atoms with Crippen LogP contribution in [0.5, 0.6) is 0 Å². The van der Waals surface area contributed by atoms with E-state index in [9.17, 15) is 4.79 Å². The van der Waals surface area contributed by atoms with Crippen molar-refractivity contribution in [3.05, 3.63) is 65.8 Å². The van der Waals surface area contributed by atoms with Crippen molar-refractivity contribution in [1.29, 1.82) is 0 Å². The number of carbonyl (C=O) groups is 1. The predicted octanol–water partition coefficient (Wildman–Crippen LogP) is 4.83. The number of benzene rings is 2. The van der Waals surface area contributed by atoms with Gasteiger partial charge in [0.25, 0.3) is 0 Å². The van der Waals surface area contributed by atoms with Gasteiger partial charge in [-0.3, -0.25) is 4.79 Å². The van der Waals surface area contributed by atoms with Crippen molar-refractivity contribution in [3.8, 4) is 11.1 Å². The quantitative estimate of drug-likeness (QED) is 0.413. The molecule has 2 aromatic carbocycles. The Morgan fingerprint density at radius 2 is 1.71 bits per heavy atom. The number of aromatic nitrogens is 2. The molecule has 1 amide bonds. The third-order valence-electron chi connectivity index (χ3n) is 4.54. The highest BCUT2D eigenvalue weighted by molar-refractivity contribution is 7.17. The lowest BCUT2D eigenvalue weighted by molar-refractivity contribution is -0.119. The van der Waals surface area contributed by atoms with Gasteiger partial charge in [0.15, 0.2) is 5.82 Å². The third kappa shape index (κ3) is 4.88. The van der Waals surface area contributed by atoms with E-state index in [0.29, 0.717) is 23.9 Å². The zero-order valence-electron chi connectivity index (χ0n) is 17.2. The molecule has 0 spiro atoms. The van der Waals surface area contributed by atoms with Crippen LogP contribution in [-0.4, -0.2) is 36.7 Å². The van der Waals surface area contributed by atoms with E-state index in [1.165, 1.54) is 7.11 Å². The van der Waals surface area contributed by atoms with E-state index in [1.807, 2.05) is 42.5 Å². The lowest BCUT2D eigenvalue weighted by Crippen LogP contribution is -2.16. The van der Waals surface area contributed by atoms with Gasteiger partial charge < -0.3 is 20.1 Å². The fourth-order valence-electron chi connectivity index (χ4n) is 3.20. The van der Waals surface area contributed by atoms with E-state index in [0.717, 1.165) is 27.0 Å². The fourth-order valence-corrected chi connectivity index (χ4v) is 4.17. The molecule has 4 rings (SSSR count). The van der Waals surface area contributed by atoms with Crippen LogP contribution in [0.1, 0.15) is 5.82 Å². The van der Waals surface area contributed by atoms with Crippen LogP contribution in [0.3, 0.4) is 0 Å². The molecular weight excluding hydrogens is 412 g/mol. The molecule has 0 aliphatic rings. The van der Waals surface area contributed by atoms with Crippen molar-refractivity contribution in [2.24, 2.45) is 0 Å². The Morgan fingerprint density at radius 1 is 0.968 bits per heavy atom. The second kappa shape index (κ2) is 9.65. The number of carbonyl (C=O) groups excluding carboxylic acids is 1. The largest absolute Gasteiger partial charge is 0.377 e. The SMILES string of the molecule is COCC(=O)Nc1ccc(Nc2nc(COC)nc3scc(-c4ccccc4)c23)cc1. The minimum Gasteiger partial charge on any atom is -0.377 e. The predicted molar refractivity (Wildman–Crippen MR) is 124 cm³/mol. The first-order valence-corrected chi connectivity index (χ1v) is 10.5. The average Bonchev–Trinajstić information content (AvgIpc) is 3.20. The molecule has 0 radical (unpaired) electrons. The summed E-state index contributed by atoms with van der Waals surface area (Å²) in [4.78, 5) is 22.0. The summed E-state index contributed by atoms with van der Waals surface area (Å²) in [5.74, 6) is 1.13. The smallest absolute Gasteiger partial charge is 0.250 e. The number of hydrogen-bond donors (Lipinski definition) is 2. The molecule has 0 fully saturated rings. The number of thiophene rings is 1. The summed E-state index contributed by atoms with van der Waals surface area (Å²) in [6.07, 6.45) is 0. The van der Waals surface area contributed by atoms with E-state index in [-0.39, 0.29) is 12.5 Å². The third-order valence-corrected chi connectivity index (χ3v) is 5.42. The maximum absolute atomic E-state index is 11.7. The molecule has 0 aliphatic carbocycles. The minimum absolute atomic E-state index is 0.0155. The van der Waals surface area contributed by atoms with Crippen LogP contribution in [0, 0.1) is 0 Å². The van der Waals surface area contributed by atoms with Gasteiger partial charge in [-0.25, -0.2) is 9.97 Å². The van der Waals surface area contributed by atoms with Crippen LogP contribution in [0.15, 0.2) is 60.0 Å². The van der Waals surface area contributed by atoms with Gasteiger partial charge in [-0.15, -0.1) is 11.3 Å². The summed E-state index contributed by atoms with van der Waals surface area (Å²) in [5.41, 5.74) is 3.73. The van der Waals surface area contributed by atoms with Crippen LogP contribution >= 0.6 is 11.3 Å². The molecule has 0 atom stereocenters. The van der Waals surface area contributed by atoms with E-state index < -0.39 is 0 Å². The maximum atomic E-state index is 11.7. The van der Waals surface area contributed by atoms with Crippen molar-refractivity contribution >= 4 is 44.7 Å². The van der Waals surface area contributed by atoms with Crippen LogP contribution in [0.4, 0.5) is 17.2 Å². The highest BCUT2D eigenvalue weighted by atomic mass is 32.1. The van der Waals surface area contributed by atoms with Crippen molar-refractivity contribution in [2.75, 3.05) is 31.5 Å². The first-order valence-electron chi connectivity index (χ1n) is 9.66. The molecule has 0 bridgehead atoms. The molecule has 31 heavy (non-hydrogen) atoms. The molecule has 2 N–H and O–H groups in total. The number of amides is 1. The Balaban J connectivity index is 1.68. The molecular formula is C23H22N4O3S. The lowest BCUT2D eigenvalue weighted by Gasteiger charge is -2.11. The highest BCUT2D eigenvalue weighted by Gasteiger charge is 2.16. The summed E-state index contributed by atoms with van der Waals surface area (Å²) >= 11 is 1.58. The second-order valence-corrected chi connectivity index (χ2v) is 7.66. The van der Waals surface area contributed by atoms with Crippen molar-refractivity contribution in [2.45, 2.75) is 6.61 Å². The van der Waals surface area contributed by atoms with E-state index >= 15 is 0 Å². The Kier molecular flexibility index (Phi) is 6.51. The van der Waals surface area contributed by atoms with Crippen molar-refractivity contribution in [1.82, 2.24) is 9.97 Å². The Hall–Kier alpha value is -3.33. The number of ether oxygens (including phenoxy) is 2. The van der Waals surface area contributed by atoms with Crippen LogP contribution in [0.2, 0.25) is 0 Å². The Morgan fingerprint density at radius 3 is 2.42 bits per heavy atom. The zero-order chi connectivity index (χ0) is 21.6. The zero-order valence-corrected chi connectivity index (χ0v) is 18.0. The van der Waals surface area contributed by atoms with E-state index in [2.05, 4.69) is 33.1 Å². The fraction of sp³-hybridized carbons (Fsp3) is 0.174. The topological polar surface area (TPSA) is 85.4 Å². The lowest BCUT2D eigenvalue weighted by atomic mass is 10.1. The molecule has 2 aromatic heterocycles. The molecule has 0 unspecified atom stereocenters. The standard InChI is InChI=1S/C23H22N4O3S/c1-29-12-19-26-22(25-17-10-8-16(9-11-17)24-20(28)13-30-2)21-18(14-31-23(21)27-19)15-6-4-3-5-7-15/h3-11,14H,12-13H2,1-2H3,(H,24,28)(H,25,26,27). The minimum atomic E-state index is -0.198. The summed E-state index contributed by atoms with van der Waals surface area (Å²) in [6.45, 7) is 0.343. The molecule has 0 saturated heterocycles. The molecule has 8 heteroatoms. The number of nitrogens with zero attached hydrogens (tertiary/aromatic N) is 2. The molecule has 2 heterocycles. The molecule has 158 valence electrons. The molecule has 4 aromatic rings. The Labute approximate surface area is 184 Å². The van der Waals surface area contributed by atoms with Crippen LogP contribution < -0.4 is 10.6 Å². The number of anilines is 3. The number of rotatable bonds is 8. The average molecular weight is 435 g/mol. The molecule has 0 saturated carbocycles. The summed E-state index contributed by atoms with van der Waals surface area (Å²) < 4.78 is 10.1. The van der Waals surface area contributed by atoms with Crippen molar-refractivity contribution in [3.63, 3.8) is 0 Å². The van der Waals surface area contributed by atoms with Gasteiger partial charge in [0.1, 0.15) is 23.9 Å². The van der Waals surface area contributed by atoms with Crippen molar-refractivity contribution < 1.29 is 14.3 Å². The maximum Gasteiger partial charge on any atom is 0.250 e. The normalized spacial score (nSPS) is 10.9. The van der Waals surface area contributed by atoms with Gasteiger partial charge in [-0.2, -0.15) is 0 Å². The van der Waals surface area contributed by atoms with Gasteiger partial charge in [0.2, 0.25) is 5.91 Å². The van der Waals surface area contributed by atoms with E-state index in [4.69, 9.17) is 14.5 Å². The highest BCUT2D eigenvalue weighted by Crippen LogP contribution is 2.38. The van der Waals surface area contributed by atoms with E-state index in [1.54, 1.807) is 18.4 Å². The first-order chi connectivity index (χ1) is 15.2. The van der Waals surface area contributed by atoms with Crippen LogP contribution in [-0.2, 0) is 20.9 Å². The van der Waals surface area contributed by atoms with Crippen LogP contribution in [0.25, 0.3) is 21.3 Å². The summed E-state index contributed by atoms with van der Waals surface area (Å²) in [5, 5.41) is 9.26. The summed E-state index contributed by atoms with van der Waals surface area (Å²) in [6, 6.07) is 17.6. The van der Waals surface area contributed by atoms with Gasteiger partial charge >= 0.3 is 0 Å². The number of methoxy groups -OCH3 is 2. The van der Waals surface area contributed by atoms with Gasteiger partial charge in [-0.05, 0) is 29.8 Å². The van der Waals surface area contributed by atoms with Gasteiger partial charge in [-0.1, -0.05) is 30.3 Å². The molecule has 7 nitrogen and oxygen atoms in total. The Bertz CT molecular complexity index is 1180. The number of fused-ring (bicyclic) bond motifs is 1. The number of nitrogens with one attached hydrogen (secondary N) is 2.